The maximum Gasteiger partial charge on any atom is 0.146 e. The summed E-state index contributed by atoms with van der Waals surface area (Å²) in [6.07, 6.45) is 6.69. The number of hydrogen-bond acceptors (Lipinski definition) is 3. The van der Waals surface area contributed by atoms with E-state index in [1.54, 1.807) is 6.07 Å². The van der Waals surface area contributed by atoms with Crippen molar-refractivity contribution < 1.29 is 9.50 Å². The van der Waals surface area contributed by atoms with E-state index in [0.717, 1.165) is 31.5 Å². The largest absolute Gasteiger partial charge is 0.396 e. The summed E-state index contributed by atoms with van der Waals surface area (Å²) >= 11 is 0. The van der Waals surface area contributed by atoms with Crippen LogP contribution in [0, 0.1) is 5.82 Å². The van der Waals surface area contributed by atoms with Gasteiger partial charge in [0.1, 0.15) is 5.82 Å². The Hall–Kier alpha value is -1.13. The number of hydrogen-bond donors (Lipinski definition) is 2. The van der Waals surface area contributed by atoms with Crippen LogP contribution >= 0.6 is 0 Å². The molecule has 1 aromatic rings. The second-order valence-electron chi connectivity index (χ2n) is 6.30. The van der Waals surface area contributed by atoms with Crippen LogP contribution in [0.1, 0.15) is 44.1 Å². The SMILES string of the molecule is OCCCN(c1ccc(CNC2CC2)cc1F)C1CCC1. The molecule has 0 heterocycles. The lowest BCUT2D eigenvalue weighted by Crippen LogP contribution is -2.41. The molecule has 0 aliphatic heterocycles. The molecule has 2 saturated carbocycles. The number of nitrogens with one attached hydrogen (secondary N) is 1. The molecule has 0 amide bonds. The van der Waals surface area contributed by atoms with Crippen LogP contribution in [0.25, 0.3) is 0 Å². The number of aliphatic hydroxyl groups is 1. The molecular weight excluding hydrogens is 267 g/mol. The number of aliphatic hydroxyl groups excluding tert-OH is 1. The van der Waals surface area contributed by atoms with Crippen molar-refractivity contribution in [1.82, 2.24) is 5.32 Å². The van der Waals surface area contributed by atoms with Gasteiger partial charge in [0.05, 0.1) is 5.69 Å². The van der Waals surface area contributed by atoms with Crippen molar-refractivity contribution in [1.29, 1.82) is 0 Å². The highest BCUT2D eigenvalue weighted by molar-refractivity contribution is 5.50. The lowest BCUT2D eigenvalue weighted by atomic mass is 9.90. The molecule has 0 unspecified atom stereocenters. The summed E-state index contributed by atoms with van der Waals surface area (Å²) in [6.45, 7) is 1.65. The number of benzene rings is 1. The highest BCUT2D eigenvalue weighted by atomic mass is 19.1. The first-order chi connectivity index (χ1) is 10.3. The highest BCUT2D eigenvalue weighted by Crippen LogP contribution is 2.31. The molecule has 0 radical (unpaired) electrons. The third kappa shape index (κ3) is 3.74. The molecule has 0 aromatic heterocycles. The molecule has 2 N–H and O–H groups in total. The molecule has 3 nitrogen and oxygen atoms in total. The number of rotatable bonds is 8. The Morgan fingerprint density at radius 2 is 2.05 bits per heavy atom. The van der Waals surface area contributed by atoms with Crippen molar-refractivity contribution in [3.05, 3.63) is 29.6 Å². The summed E-state index contributed by atoms with van der Waals surface area (Å²) in [5, 5.41) is 12.5. The van der Waals surface area contributed by atoms with Crippen LogP contribution in [0.2, 0.25) is 0 Å². The first-order valence-electron chi connectivity index (χ1n) is 8.17. The molecule has 21 heavy (non-hydrogen) atoms. The predicted octanol–water partition coefficient (Wildman–Crippen LogP) is 2.82. The van der Waals surface area contributed by atoms with Gasteiger partial charge in [0, 0.05) is 31.8 Å². The highest BCUT2D eigenvalue weighted by Gasteiger charge is 2.26. The minimum absolute atomic E-state index is 0.130. The van der Waals surface area contributed by atoms with Gasteiger partial charge in [0.25, 0.3) is 0 Å². The van der Waals surface area contributed by atoms with Gasteiger partial charge in [-0.1, -0.05) is 6.07 Å². The molecule has 116 valence electrons. The smallest absolute Gasteiger partial charge is 0.146 e. The topological polar surface area (TPSA) is 35.5 Å². The van der Waals surface area contributed by atoms with Gasteiger partial charge >= 0.3 is 0 Å². The van der Waals surface area contributed by atoms with Crippen molar-refractivity contribution in [3.63, 3.8) is 0 Å². The second kappa shape index (κ2) is 6.75. The number of anilines is 1. The summed E-state index contributed by atoms with van der Waals surface area (Å²) < 4.78 is 14.5. The molecular formula is C17H25FN2O. The fourth-order valence-electron chi connectivity index (χ4n) is 2.88. The number of nitrogens with zero attached hydrogens (tertiary/aromatic N) is 1. The van der Waals surface area contributed by atoms with Crippen LogP contribution in [0.3, 0.4) is 0 Å². The maximum atomic E-state index is 14.5. The Kier molecular flexibility index (Phi) is 4.76. The van der Waals surface area contributed by atoms with E-state index in [-0.39, 0.29) is 12.4 Å². The van der Waals surface area contributed by atoms with E-state index in [1.807, 2.05) is 12.1 Å². The fourth-order valence-corrected chi connectivity index (χ4v) is 2.88. The first-order valence-corrected chi connectivity index (χ1v) is 8.17. The van der Waals surface area contributed by atoms with Crippen molar-refractivity contribution in [2.24, 2.45) is 0 Å². The quantitative estimate of drug-likeness (QED) is 0.773. The Labute approximate surface area is 126 Å². The summed E-state index contributed by atoms with van der Waals surface area (Å²) in [5.74, 6) is -0.130. The maximum absolute atomic E-state index is 14.5. The van der Waals surface area contributed by atoms with Gasteiger partial charge in [-0.25, -0.2) is 4.39 Å². The zero-order valence-electron chi connectivity index (χ0n) is 12.5. The summed E-state index contributed by atoms with van der Waals surface area (Å²) in [4.78, 5) is 2.15. The van der Waals surface area contributed by atoms with Crippen LogP contribution in [0.5, 0.6) is 0 Å². The van der Waals surface area contributed by atoms with Gasteiger partial charge in [-0.15, -0.1) is 0 Å². The molecule has 0 saturated heterocycles. The lowest BCUT2D eigenvalue weighted by Gasteiger charge is -2.39. The normalized spacial score (nSPS) is 18.6. The molecule has 1 aromatic carbocycles. The van der Waals surface area contributed by atoms with Crippen molar-refractivity contribution in [2.45, 2.75) is 57.2 Å². The predicted molar refractivity (Wildman–Crippen MR) is 82.9 cm³/mol. The Morgan fingerprint density at radius 1 is 1.24 bits per heavy atom. The Morgan fingerprint density at radius 3 is 2.62 bits per heavy atom. The van der Waals surface area contributed by atoms with E-state index in [1.165, 1.54) is 19.3 Å². The monoisotopic (exact) mass is 292 g/mol. The zero-order chi connectivity index (χ0) is 14.7. The van der Waals surface area contributed by atoms with E-state index in [2.05, 4.69) is 10.2 Å². The molecule has 2 fully saturated rings. The molecule has 0 atom stereocenters. The minimum atomic E-state index is -0.130. The summed E-state index contributed by atoms with van der Waals surface area (Å²) in [7, 11) is 0. The molecule has 4 heteroatoms. The van der Waals surface area contributed by atoms with Crippen molar-refractivity contribution in [3.8, 4) is 0 Å². The average molecular weight is 292 g/mol. The van der Waals surface area contributed by atoms with E-state index in [9.17, 15) is 4.39 Å². The van der Waals surface area contributed by atoms with Crippen LogP contribution in [-0.4, -0.2) is 30.3 Å². The van der Waals surface area contributed by atoms with Gasteiger partial charge in [-0.05, 0) is 56.2 Å². The summed E-state index contributed by atoms with van der Waals surface area (Å²) in [5.41, 5.74) is 1.71. The van der Waals surface area contributed by atoms with Gasteiger partial charge in [-0.3, -0.25) is 0 Å². The van der Waals surface area contributed by atoms with Crippen LogP contribution < -0.4 is 10.2 Å². The lowest BCUT2D eigenvalue weighted by molar-refractivity contribution is 0.282. The van der Waals surface area contributed by atoms with E-state index in [4.69, 9.17) is 5.11 Å². The Balaban J connectivity index is 1.68. The second-order valence-corrected chi connectivity index (χ2v) is 6.30. The van der Waals surface area contributed by atoms with E-state index < -0.39 is 0 Å². The Bertz CT molecular complexity index is 472. The van der Waals surface area contributed by atoms with Crippen molar-refractivity contribution in [2.75, 3.05) is 18.1 Å². The molecule has 0 spiro atoms. The van der Waals surface area contributed by atoms with E-state index >= 15 is 0 Å². The average Bonchev–Trinajstić information content (AvgIpc) is 3.23. The van der Waals surface area contributed by atoms with Crippen LogP contribution in [0.4, 0.5) is 10.1 Å². The van der Waals surface area contributed by atoms with Gasteiger partial charge in [0.15, 0.2) is 0 Å². The third-order valence-electron chi connectivity index (χ3n) is 4.57. The molecule has 2 aliphatic rings. The number of halogens is 1. The minimum Gasteiger partial charge on any atom is -0.396 e. The van der Waals surface area contributed by atoms with Crippen LogP contribution in [-0.2, 0) is 6.54 Å². The molecule has 2 aliphatic carbocycles. The van der Waals surface area contributed by atoms with Gasteiger partial charge in [0.2, 0.25) is 0 Å². The van der Waals surface area contributed by atoms with Crippen molar-refractivity contribution >= 4 is 5.69 Å². The molecule has 0 bridgehead atoms. The zero-order valence-corrected chi connectivity index (χ0v) is 12.5. The fraction of sp³-hybridized carbons (Fsp3) is 0.647. The summed E-state index contributed by atoms with van der Waals surface area (Å²) in [6, 6.07) is 6.69. The standard InChI is InChI=1S/C17H25FN2O/c18-16-11-13(12-19-14-6-7-14)5-8-17(16)20(9-2-10-21)15-3-1-4-15/h5,8,11,14-15,19,21H,1-4,6-7,9-10,12H2. The van der Waals surface area contributed by atoms with Gasteiger partial charge < -0.3 is 15.3 Å². The third-order valence-corrected chi connectivity index (χ3v) is 4.57. The van der Waals surface area contributed by atoms with Gasteiger partial charge in [-0.2, -0.15) is 0 Å². The molecule has 3 rings (SSSR count). The van der Waals surface area contributed by atoms with Crippen LogP contribution in [0.15, 0.2) is 18.2 Å². The first kappa shape index (κ1) is 14.8. The van der Waals surface area contributed by atoms with E-state index in [0.29, 0.717) is 24.2 Å².